The Labute approximate surface area is 87.7 Å². The first-order valence-electron chi connectivity index (χ1n) is 4.58. The van der Waals surface area contributed by atoms with Crippen molar-refractivity contribution >= 4 is 23.3 Å². The van der Waals surface area contributed by atoms with Crippen molar-refractivity contribution in [2.75, 3.05) is 18.0 Å². The number of carbonyl (C=O) groups excluding carboxylic acids is 1. The number of halogens is 1. The van der Waals surface area contributed by atoms with Gasteiger partial charge in [0.25, 0.3) is 0 Å². The van der Waals surface area contributed by atoms with E-state index in [-0.39, 0.29) is 6.03 Å². The predicted octanol–water partition coefficient (Wildman–Crippen LogP) is 2.26. The number of rotatable bonds is 1. The number of benzene rings is 1. The van der Waals surface area contributed by atoms with Crippen LogP contribution in [-0.4, -0.2) is 19.1 Å². The summed E-state index contributed by atoms with van der Waals surface area (Å²) in [6.07, 6.45) is 0.970. The molecular formula is C10H11ClN2O. The Kier molecular flexibility index (Phi) is 2.59. The molecule has 14 heavy (non-hydrogen) atoms. The van der Waals surface area contributed by atoms with Crippen LogP contribution in [-0.2, 0) is 0 Å². The number of nitrogens with one attached hydrogen (secondary N) is 1. The molecule has 74 valence electrons. The minimum atomic E-state index is -0.0430. The van der Waals surface area contributed by atoms with Crippen LogP contribution in [0.1, 0.15) is 6.42 Å². The number of hydrogen-bond donors (Lipinski definition) is 1. The fraction of sp³-hybridized carbons (Fsp3) is 0.300. The van der Waals surface area contributed by atoms with Crippen LogP contribution < -0.4 is 10.2 Å². The monoisotopic (exact) mass is 210 g/mol. The van der Waals surface area contributed by atoms with Crippen LogP contribution in [0.15, 0.2) is 24.3 Å². The highest BCUT2D eigenvalue weighted by Gasteiger charge is 2.18. The van der Waals surface area contributed by atoms with E-state index in [1.165, 1.54) is 0 Å². The normalized spacial score (nSPS) is 16.6. The molecule has 0 unspecified atom stereocenters. The van der Waals surface area contributed by atoms with Gasteiger partial charge in [0.1, 0.15) is 0 Å². The standard InChI is InChI=1S/C10H11ClN2O/c11-8-3-1-4-9(7-8)13-6-2-5-12-10(13)14/h1,3-4,7H,2,5-6H2,(H,12,14). The van der Waals surface area contributed by atoms with Crippen molar-refractivity contribution in [1.82, 2.24) is 5.32 Å². The van der Waals surface area contributed by atoms with Crippen molar-refractivity contribution in [1.29, 1.82) is 0 Å². The van der Waals surface area contributed by atoms with Gasteiger partial charge < -0.3 is 5.32 Å². The van der Waals surface area contributed by atoms with Gasteiger partial charge in [-0.15, -0.1) is 0 Å². The molecule has 0 bridgehead atoms. The Morgan fingerprint density at radius 1 is 1.43 bits per heavy atom. The van der Waals surface area contributed by atoms with Gasteiger partial charge in [0.15, 0.2) is 0 Å². The van der Waals surface area contributed by atoms with E-state index in [9.17, 15) is 4.79 Å². The van der Waals surface area contributed by atoms with E-state index >= 15 is 0 Å². The van der Waals surface area contributed by atoms with Gasteiger partial charge in [-0.25, -0.2) is 4.79 Å². The van der Waals surface area contributed by atoms with Crippen LogP contribution in [0.4, 0.5) is 10.5 Å². The van der Waals surface area contributed by atoms with E-state index in [4.69, 9.17) is 11.6 Å². The van der Waals surface area contributed by atoms with E-state index in [0.717, 1.165) is 25.2 Å². The first kappa shape index (κ1) is 9.34. The van der Waals surface area contributed by atoms with Gasteiger partial charge in [-0.2, -0.15) is 0 Å². The van der Waals surface area contributed by atoms with Gasteiger partial charge >= 0.3 is 6.03 Å². The first-order chi connectivity index (χ1) is 6.77. The molecule has 1 aromatic rings. The van der Waals surface area contributed by atoms with Crippen LogP contribution in [0.2, 0.25) is 5.02 Å². The van der Waals surface area contributed by atoms with E-state index in [2.05, 4.69) is 5.32 Å². The molecule has 1 heterocycles. The molecule has 1 aliphatic heterocycles. The summed E-state index contributed by atoms with van der Waals surface area (Å²) in [5.74, 6) is 0. The summed E-state index contributed by atoms with van der Waals surface area (Å²) in [6, 6.07) is 7.29. The van der Waals surface area contributed by atoms with Gasteiger partial charge in [-0.1, -0.05) is 17.7 Å². The molecule has 0 atom stereocenters. The fourth-order valence-electron chi connectivity index (χ4n) is 1.52. The van der Waals surface area contributed by atoms with E-state index in [1.807, 2.05) is 12.1 Å². The highest BCUT2D eigenvalue weighted by molar-refractivity contribution is 6.30. The maximum Gasteiger partial charge on any atom is 0.321 e. The third kappa shape index (κ3) is 1.82. The lowest BCUT2D eigenvalue weighted by molar-refractivity contribution is 0.243. The zero-order valence-electron chi connectivity index (χ0n) is 7.66. The smallest absolute Gasteiger partial charge is 0.321 e. The number of urea groups is 1. The largest absolute Gasteiger partial charge is 0.338 e. The van der Waals surface area contributed by atoms with Gasteiger partial charge in [0, 0.05) is 23.8 Å². The van der Waals surface area contributed by atoms with Crippen LogP contribution in [0.25, 0.3) is 0 Å². The number of carbonyl (C=O) groups is 1. The van der Waals surface area contributed by atoms with E-state index < -0.39 is 0 Å². The second-order valence-corrected chi connectivity index (χ2v) is 3.65. The van der Waals surface area contributed by atoms with Crippen molar-refractivity contribution in [3.8, 4) is 0 Å². The van der Waals surface area contributed by atoms with Crippen LogP contribution >= 0.6 is 11.6 Å². The lowest BCUT2D eigenvalue weighted by Gasteiger charge is -2.27. The second kappa shape index (κ2) is 3.88. The van der Waals surface area contributed by atoms with Gasteiger partial charge in [-0.3, -0.25) is 4.90 Å². The van der Waals surface area contributed by atoms with Crippen LogP contribution in [0.5, 0.6) is 0 Å². The summed E-state index contributed by atoms with van der Waals surface area (Å²) in [5, 5.41) is 3.45. The molecule has 4 heteroatoms. The fourth-order valence-corrected chi connectivity index (χ4v) is 1.70. The molecule has 1 N–H and O–H groups in total. The molecule has 1 aliphatic rings. The quantitative estimate of drug-likeness (QED) is 0.758. The highest BCUT2D eigenvalue weighted by Crippen LogP contribution is 2.20. The van der Waals surface area contributed by atoms with Crippen molar-refractivity contribution in [2.24, 2.45) is 0 Å². The minimum Gasteiger partial charge on any atom is -0.338 e. The molecule has 0 aromatic heterocycles. The zero-order valence-corrected chi connectivity index (χ0v) is 8.42. The average Bonchev–Trinajstić information content (AvgIpc) is 2.18. The summed E-state index contributed by atoms with van der Waals surface area (Å²) < 4.78 is 0. The van der Waals surface area contributed by atoms with Gasteiger partial charge in [-0.05, 0) is 24.6 Å². The SMILES string of the molecule is O=C1NCCCN1c1cccc(Cl)c1. The molecule has 0 spiro atoms. The summed E-state index contributed by atoms with van der Waals surface area (Å²) >= 11 is 5.85. The molecule has 2 rings (SSSR count). The number of nitrogens with zero attached hydrogens (tertiary/aromatic N) is 1. The Hall–Kier alpha value is -1.22. The van der Waals surface area contributed by atoms with E-state index in [0.29, 0.717) is 5.02 Å². The van der Waals surface area contributed by atoms with Gasteiger partial charge in [0.05, 0.1) is 0 Å². The zero-order chi connectivity index (χ0) is 9.97. The molecule has 0 radical (unpaired) electrons. The number of hydrogen-bond acceptors (Lipinski definition) is 1. The second-order valence-electron chi connectivity index (χ2n) is 3.22. The molecular weight excluding hydrogens is 200 g/mol. The molecule has 1 fully saturated rings. The van der Waals surface area contributed by atoms with Crippen molar-refractivity contribution < 1.29 is 4.79 Å². The molecule has 3 nitrogen and oxygen atoms in total. The Morgan fingerprint density at radius 2 is 2.29 bits per heavy atom. The van der Waals surface area contributed by atoms with Crippen molar-refractivity contribution in [2.45, 2.75) is 6.42 Å². The summed E-state index contributed by atoms with van der Waals surface area (Å²) in [7, 11) is 0. The molecule has 0 saturated carbocycles. The molecule has 1 aromatic carbocycles. The highest BCUT2D eigenvalue weighted by atomic mass is 35.5. The maximum absolute atomic E-state index is 11.5. The van der Waals surface area contributed by atoms with Crippen LogP contribution in [0.3, 0.4) is 0 Å². The Bertz CT molecular complexity index is 354. The number of amides is 2. The van der Waals surface area contributed by atoms with Crippen molar-refractivity contribution in [3.63, 3.8) is 0 Å². The third-order valence-electron chi connectivity index (χ3n) is 2.20. The molecule has 1 saturated heterocycles. The summed E-state index contributed by atoms with van der Waals surface area (Å²) in [5.41, 5.74) is 0.856. The lowest BCUT2D eigenvalue weighted by atomic mass is 10.2. The average molecular weight is 211 g/mol. The topological polar surface area (TPSA) is 32.3 Å². The van der Waals surface area contributed by atoms with Crippen LogP contribution in [0, 0.1) is 0 Å². The number of anilines is 1. The maximum atomic E-state index is 11.5. The Balaban J connectivity index is 2.24. The third-order valence-corrected chi connectivity index (χ3v) is 2.43. The van der Waals surface area contributed by atoms with Gasteiger partial charge in [0.2, 0.25) is 0 Å². The first-order valence-corrected chi connectivity index (χ1v) is 4.96. The Morgan fingerprint density at radius 3 is 3.00 bits per heavy atom. The predicted molar refractivity (Wildman–Crippen MR) is 56.8 cm³/mol. The molecule has 0 aliphatic carbocycles. The lowest BCUT2D eigenvalue weighted by Crippen LogP contribution is -2.46. The minimum absolute atomic E-state index is 0.0430. The summed E-state index contributed by atoms with van der Waals surface area (Å²) in [6.45, 7) is 1.52. The summed E-state index contributed by atoms with van der Waals surface area (Å²) in [4.78, 5) is 13.2. The molecule has 2 amide bonds. The van der Waals surface area contributed by atoms with E-state index in [1.54, 1.807) is 17.0 Å². The van der Waals surface area contributed by atoms with Crippen molar-refractivity contribution in [3.05, 3.63) is 29.3 Å².